The average molecular weight is 374 g/mol. The zero-order valence-electron chi connectivity index (χ0n) is 15.3. The van der Waals surface area contributed by atoms with Crippen molar-refractivity contribution in [2.75, 3.05) is 13.2 Å². The topological polar surface area (TPSA) is 87.7 Å². The monoisotopic (exact) mass is 374 g/mol. The zero-order valence-corrected chi connectivity index (χ0v) is 15.3. The molecule has 27 heavy (non-hydrogen) atoms. The van der Waals surface area contributed by atoms with E-state index >= 15 is 0 Å². The van der Waals surface area contributed by atoms with Gasteiger partial charge in [-0.15, -0.1) is 0 Å². The Balaban J connectivity index is 1.83. The van der Waals surface area contributed by atoms with E-state index in [1.807, 2.05) is 0 Å². The van der Waals surface area contributed by atoms with E-state index in [2.05, 4.69) is 10.6 Å². The van der Waals surface area contributed by atoms with E-state index in [4.69, 9.17) is 4.74 Å². The molecule has 2 amide bonds. The number of halogens is 1. The van der Waals surface area contributed by atoms with Gasteiger partial charge in [0, 0.05) is 18.7 Å². The summed E-state index contributed by atoms with van der Waals surface area (Å²) in [6, 6.07) is 11.2. The fourth-order valence-electron chi connectivity index (χ4n) is 2.22. The second-order valence-corrected chi connectivity index (χ2v) is 6.24. The average Bonchev–Trinajstić information content (AvgIpc) is 2.65. The molecule has 0 heterocycles. The highest BCUT2D eigenvalue weighted by Gasteiger charge is 2.09. The van der Waals surface area contributed by atoms with Crippen LogP contribution < -0.4 is 15.4 Å². The number of ether oxygens (including phenoxy) is 1. The van der Waals surface area contributed by atoms with Crippen LogP contribution in [-0.2, 0) is 11.3 Å². The molecule has 7 heteroatoms. The van der Waals surface area contributed by atoms with Crippen molar-refractivity contribution >= 4 is 11.8 Å². The van der Waals surface area contributed by atoms with Crippen LogP contribution in [0.2, 0.25) is 0 Å². The lowest BCUT2D eigenvalue weighted by atomic mass is 10.1. The van der Waals surface area contributed by atoms with Crippen molar-refractivity contribution in [3.8, 4) is 5.75 Å². The largest absolute Gasteiger partial charge is 0.484 e. The van der Waals surface area contributed by atoms with Crippen LogP contribution >= 0.6 is 0 Å². The van der Waals surface area contributed by atoms with Crippen LogP contribution in [-0.4, -0.2) is 36.2 Å². The Labute approximate surface area is 157 Å². The van der Waals surface area contributed by atoms with Gasteiger partial charge in [0.05, 0.1) is 6.10 Å². The Hall–Kier alpha value is -2.93. The number of hydrogen-bond acceptors (Lipinski definition) is 4. The SMILES string of the molecule is Cc1ccc(CNC(=O)COc2cccc(C(=O)NCC(C)O)c2)cc1F. The minimum absolute atomic E-state index is 0.145. The molecule has 144 valence electrons. The van der Waals surface area contributed by atoms with Crippen molar-refractivity contribution in [2.24, 2.45) is 0 Å². The fraction of sp³-hybridized carbons (Fsp3) is 0.300. The van der Waals surface area contributed by atoms with Gasteiger partial charge in [-0.1, -0.05) is 18.2 Å². The summed E-state index contributed by atoms with van der Waals surface area (Å²) in [5.41, 5.74) is 1.57. The number of benzene rings is 2. The quantitative estimate of drug-likeness (QED) is 0.659. The predicted molar refractivity (Wildman–Crippen MR) is 98.9 cm³/mol. The van der Waals surface area contributed by atoms with E-state index < -0.39 is 6.10 Å². The predicted octanol–water partition coefficient (Wildman–Crippen LogP) is 1.94. The molecule has 0 aliphatic heterocycles. The van der Waals surface area contributed by atoms with E-state index in [-0.39, 0.29) is 37.3 Å². The van der Waals surface area contributed by atoms with Crippen LogP contribution in [0, 0.1) is 12.7 Å². The van der Waals surface area contributed by atoms with E-state index in [9.17, 15) is 19.1 Å². The first-order chi connectivity index (χ1) is 12.8. The van der Waals surface area contributed by atoms with Crippen LogP contribution in [0.3, 0.4) is 0 Å². The molecule has 0 aliphatic rings. The number of aliphatic hydroxyl groups is 1. The molecule has 0 aliphatic carbocycles. The number of rotatable bonds is 8. The van der Waals surface area contributed by atoms with E-state index in [0.717, 1.165) is 0 Å². The van der Waals surface area contributed by atoms with Gasteiger partial charge < -0.3 is 20.5 Å². The smallest absolute Gasteiger partial charge is 0.258 e. The van der Waals surface area contributed by atoms with Gasteiger partial charge in [-0.3, -0.25) is 9.59 Å². The van der Waals surface area contributed by atoms with E-state index in [1.165, 1.54) is 12.1 Å². The molecule has 2 aromatic carbocycles. The van der Waals surface area contributed by atoms with Gasteiger partial charge in [0.15, 0.2) is 6.61 Å². The third-order valence-electron chi connectivity index (χ3n) is 3.75. The van der Waals surface area contributed by atoms with Gasteiger partial charge in [-0.2, -0.15) is 0 Å². The van der Waals surface area contributed by atoms with Crippen molar-refractivity contribution in [3.05, 3.63) is 65.0 Å². The second-order valence-electron chi connectivity index (χ2n) is 6.24. The van der Waals surface area contributed by atoms with Gasteiger partial charge >= 0.3 is 0 Å². The molecule has 3 N–H and O–H groups in total. The summed E-state index contributed by atoms with van der Waals surface area (Å²) < 4.78 is 18.9. The lowest BCUT2D eigenvalue weighted by Gasteiger charge is -2.10. The molecule has 0 saturated carbocycles. The van der Waals surface area contributed by atoms with Gasteiger partial charge in [-0.05, 0) is 49.2 Å². The van der Waals surface area contributed by atoms with Crippen LogP contribution in [0.25, 0.3) is 0 Å². The molecule has 0 bridgehead atoms. The normalized spacial score (nSPS) is 11.6. The summed E-state index contributed by atoms with van der Waals surface area (Å²) in [4.78, 5) is 23.9. The highest BCUT2D eigenvalue weighted by Crippen LogP contribution is 2.13. The van der Waals surface area contributed by atoms with Crippen LogP contribution in [0.1, 0.15) is 28.4 Å². The van der Waals surface area contributed by atoms with Crippen molar-refractivity contribution in [1.29, 1.82) is 0 Å². The van der Waals surface area contributed by atoms with E-state index in [1.54, 1.807) is 44.2 Å². The molecule has 2 rings (SSSR count). The molecule has 0 fully saturated rings. The maximum Gasteiger partial charge on any atom is 0.258 e. The van der Waals surface area contributed by atoms with Crippen LogP contribution in [0.15, 0.2) is 42.5 Å². The molecule has 2 aromatic rings. The Morgan fingerprint density at radius 1 is 1.19 bits per heavy atom. The number of hydrogen-bond donors (Lipinski definition) is 3. The molecule has 0 radical (unpaired) electrons. The molecular formula is C20H23FN2O4. The highest BCUT2D eigenvalue weighted by molar-refractivity contribution is 5.94. The number of amides is 2. The van der Waals surface area contributed by atoms with Gasteiger partial charge in [-0.25, -0.2) is 4.39 Å². The van der Waals surface area contributed by atoms with Gasteiger partial charge in [0.25, 0.3) is 11.8 Å². The lowest BCUT2D eigenvalue weighted by molar-refractivity contribution is -0.123. The first-order valence-electron chi connectivity index (χ1n) is 8.56. The maximum atomic E-state index is 13.5. The summed E-state index contributed by atoms with van der Waals surface area (Å²) in [5, 5.41) is 14.4. The van der Waals surface area contributed by atoms with Gasteiger partial charge in [0.2, 0.25) is 0 Å². The lowest BCUT2D eigenvalue weighted by Crippen LogP contribution is -2.30. The van der Waals surface area contributed by atoms with Crippen LogP contribution in [0.4, 0.5) is 4.39 Å². The van der Waals surface area contributed by atoms with E-state index in [0.29, 0.717) is 22.4 Å². The Morgan fingerprint density at radius 3 is 2.67 bits per heavy atom. The third kappa shape index (κ3) is 6.71. The third-order valence-corrected chi connectivity index (χ3v) is 3.75. The Kier molecular flexibility index (Phi) is 7.31. The maximum absolute atomic E-state index is 13.5. The minimum atomic E-state index is -0.640. The van der Waals surface area contributed by atoms with Gasteiger partial charge in [0.1, 0.15) is 11.6 Å². The molecule has 0 aromatic heterocycles. The zero-order chi connectivity index (χ0) is 19.8. The van der Waals surface area contributed by atoms with Crippen molar-refractivity contribution in [3.63, 3.8) is 0 Å². The fourth-order valence-corrected chi connectivity index (χ4v) is 2.22. The van der Waals surface area contributed by atoms with Crippen LogP contribution in [0.5, 0.6) is 5.75 Å². The summed E-state index contributed by atoms with van der Waals surface area (Å²) >= 11 is 0. The summed E-state index contributed by atoms with van der Waals surface area (Å²) in [5.74, 6) is -0.646. The number of aliphatic hydroxyl groups excluding tert-OH is 1. The molecule has 0 spiro atoms. The number of aryl methyl sites for hydroxylation is 1. The highest BCUT2D eigenvalue weighted by atomic mass is 19.1. The first-order valence-corrected chi connectivity index (χ1v) is 8.56. The number of carbonyl (C=O) groups is 2. The molecular weight excluding hydrogens is 351 g/mol. The first kappa shape index (κ1) is 20.4. The summed E-state index contributed by atoms with van der Waals surface area (Å²) in [6.45, 7) is 3.36. The van der Waals surface area contributed by atoms with Crippen molar-refractivity contribution in [1.82, 2.24) is 10.6 Å². The summed E-state index contributed by atoms with van der Waals surface area (Å²) in [6.07, 6.45) is -0.640. The summed E-state index contributed by atoms with van der Waals surface area (Å²) in [7, 11) is 0. The molecule has 1 unspecified atom stereocenters. The number of nitrogens with one attached hydrogen (secondary N) is 2. The minimum Gasteiger partial charge on any atom is -0.484 e. The second kappa shape index (κ2) is 9.68. The molecule has 1 atom stereocenters. The molecule has 0 saturated heterocycles. The Bertz CT molecular complexity index is 808. The standard InChI is InChI=1S/C20H23FN2O4/c1-13-6-7-15(8-18(13)21)11-22-19(25)12-27-17-5-3-4-16(9-17)20(26)23-10-14(2)24/h3-9,14,24H,10-12H2,1-2H3,(H,22,25)(H,23,26). The Morgan fingerprint density at radius 2 is 1.96 bits per heavy atom. The van der Waals surface area contributed by atoms with Crippen molar-refractivity contribution in [2.45, 2.75) is 26.5 Å². The van der Waals surface area contributed by atoms with Crippen molar-refractivity contribution < 1.29 is 23.8 Å². The number of carbonyl (C=O) groups excluding carboxylic acids is 2. The molecule has 6 nitrogen and oxygen atoms in total.